The van der Waals surface area contributed by atoms with Gasteiger partial charge in [-0.1, -0.05) is 11.6 Å². The van der Waals surface area contributed by atoms with Crippen molar-refractivity contribution >= 4 is 23.5 Å². The summed E-state index contributed by atoms with van der Waals surface area (Å²) in [5.74, 6) is 0.645. The van der Waals surface area contributed by atoms with Crippen molar-refractivity contribution in [3.63, 3.8) is 0 Å². The predicted octanol–water partition coefficient (Wildman–Crippen LogP) is 2.59. The highest BCUT2D eigenvalue weighted by molar-refractivity contribution is 6.30. The largest absolute Gasteiger partial charge is 0.337 e. The number of hydrogen-bond acceptors (Lipinski definition) is 5. The summed E-state index contributed by atoms with van der Waals surface area (Å²) in [5, 5.41) is 5.17. The first-order valence-corrected chi connectivity index (χ1v) is 9.13. The number of benzene rings is 1. The number of piperazine rings is 1. The fraction of sp³-hybridized carbons (Fsp3) is 0.263. The monoisotopic (exact) mass is 382 g/mol. The van der Waals surface area contributed by atoms with Crippen LogP contribution in [0.5, 0.6) is 0 Å². The number of amides is 1. The maximum absolute atomic E-state index is 12.9. The molecule has 0 saturated carbocycles. The normalized spacial score (nSPS) is 14.4. The van der Waals surface area contributed by atoms with Gasteiger partial charge in [-0.05, 0) is 43.3 Å². The van der Waals surface area contributed by atoms with Gasteiger partial charge in [-0.3, -0.25) is 4.79 Å². The summed E-state index contributed by atoms with van der Waals surface area (Å²) in [6.07, 6.45) is 3.46. The second-order valence-electron chi connectivity index (χ2n) is 6.39. The summed E-state index contributed by atoms with van der Waals surface area (Å²) in [6, 6.07) is 11.0. The fourth-order valence-electron chi connectivity index (χ4n) is 3.15. The maximum atomic E-state index is 12.9. The minimum Gasteiger partial charge on any atom is -0.337 e. The van der Waals surface area contributed by atoms with Gasteiger partial charge in [-0.25, -0.2) is 14.6 Å². The van der Waals surface area contributed by atoms with Crippen LogP contribution in [-0.4, -0.2) is 56.7 Å². The van der Waals surface area contributed by atoms with E-state index in [-0.39, 0.29) is 5.91 Å². The summed E-state index contributed by atoms with van der Waals surface area (Å²) in [4.78, 5) is 25.3. The van der Waals surface area contributed by atoms with E-state index in [1.807, 2.05) is 42.2 Å². The molecule has 3 aromatic rings. The first-order chi connectivity index (χ1) is 13.1. The molecule has 0 unspecified atom stereocenters. The zero-order valence-corrected chi connectivity index (χ0v) is 15.7. The molecule has 2 aromatic heterocycles. The fourth-order valence-corrected chi connectivity index (χ4v) is 3.27. The Kier molecular flexibility index (Phi) is 4.77. The molecular formula is C19H19ClN6O. The van der Waals surface area contributed by atoms with Crippen molar-refractivity contribution in [2.75, 3.05) is 31.1 Å². The van der Waals surface area contributed by atoms with E-state index < -0.39 is 0 Å². The van der Waals surface area contributed by atoms with Gasteiger partial charge in [-0.15, -0.1) is 0 Å². The third kappa shape index (κ3) is 3.64. The molecule has 1 aliphatic heterocycles. The van der Waals surface area contributed by atoms with E-state index in [9.17, 15) is 4.79 Å². The van der Waals surface area contributed by atoms with Crippen LogP contribution in [0.25, 0.3) is 5.69 Å². The number of carbonyl (C=O) groups excluding carboxylic acids is 1. The lowest BCUT2D eigenvalue weighted by molar-refractivity contribution is 0.0740. The highest BCUT2D eigenvalue weighted by Crippen LogP contribution is 2.17. The number of rotatable bonds is 3. The van der Waals surface area contributed by atoms with E-state index in [1.54, 1.807) is 23.1 Å². The van der Waals surface area contributed by atoms with E-state index >= 15 is 0 Å². The van der Waals surface area contributed by atoms with Gasteiger partial charge in [-0.2, -0.15) is 5.10 Å². The Balaban J connectivity index is 1.46. The minimum absolute atomic E-state index is 0.0561. The Bertz CT molecular complexity index is 933. The van der Waals surface area contributed by atoms with Crippen LogP contribution in [-0.2, 0) is 0 Å². The van der Waals surface area contributed by atoms with Crippen molar-refractivity contribution in [1.82, 2.24) is 24.6 Å². The molecule has 3 heterocycles. The van der Waals surface area contributed by atoms with Gasteiger partial charge in [0.25, 0.3) is 5.91 Å². The van der Waals surface area contributed by atoms with Crippen molar-refractivity contribution in [2.45, 2.75) is 6.92 Å². The van der Waals surface area contributed by atoms with Gasteiger partial charge in [0.1, 0.15) is 0 Å². The number of nitrogens with zero attached hydrogens (tertiary/aromatic N) is 6. The number of aromatic nitrogens is 4. The quantitative estimate of drug-likeness (QED) is 0.696. The molecule has 1 saturated heterocycles. The number of hydrogen-bond donors (Lipinski definition) is 0. The first kappa shape index (κ1) is 17.5. The molecule has 138 valence electrons. The summed E-state index contributed by atoms with van der Waals surface area (Å²) in [5.41, 5.74) is 2.23. The van der Waals surface area contributed by atoms with E-state index in [0.29, 0.717) is 42.8 Å². The smallest absolute Gasteiger partial charge is 0.274 e. The predicted molar refractivity (Wildman–Crippen MR) is 103 cm³/mol. The average Bonchev–Trinajstić information content (AvgIpc) is 3.10. The van der Waals surface area contributed by atoms with Crippen LogP contribution < -0.4 is 4.90 Å². The maximum Gasteiger partial charge on any atom is 0.274 e. The summed E-state index contributed by atoms with van der Waals surface area (Å²) in [6.45, 7) is 4.57. The molecule has 0 bridgehead atoms. The molecule has 4 rings (SSSR count). The Morgan fingerprint density at radius 3 is 2.37 bits per heavy atom. The zero-order valence-electron chi connectivity index (χ0n) is 14.9. The first-order valence-electron chi connectivity index (χ1n) is 8.76. The number of halogens is 1. The van der Waals surface area contributed by atoms with Crippen molar-refractivity contribution in [3.8, 4) is 5.69 Å². The van der Waals surface area contributed by atoms with Crippen molar-refractivity contribution in [1.29, 1.82) is 0 Å². The Labute approximate surface area is 162 Å². The van der Waals surface area contributed by atoms with Crippen LogP contribution in [0.3, 0.4) is 0 Å². The lowest BCUT2D eigenvalue weighted by atomic mass is 10.2. The Morgan fingerprint density at radius 1 is 1.04 bits per heavy atom. The average molecular weight is 383 g/mol. The lowest BCUT2D eigenvalue weighted by Crippen LogP contribution is -2.49. The van der Waals surface area contributed by atoms with Crippen molar-refractivity contribution in [3.05, 3.63) is 65.2 Å². The SMILES string of the molecule is Cc1cc(C(=O)N2CCN(c3ncccn3)CC2)nn1-c1ccc(Cl)cc1. The lowest BCUT2D eigenvalue weighted by Gasteiger charge is -2.34. The van der Waals surface area contributed by atoms with Crippen LogP contribution in [0.15, 0.2) is 48.8 Å². The van der Waals surface area contributed by atoms with Gasteiger partial charge in [0.2, 0.25) is 5.95 Å². The molecular weight excluding hydrogens is 364 g/mol. The summed E-state index contributed by atoms with van der Waals surface area (Å²) in [7, 11) is 0. The number of carbonyl (C=O) groups is 1. The van der Waals surface area contributed by atoms with Crippen LogP contribution >= 0.6 is 11.6 Å². The highest BCUT2D eigenvalue weighted by atomic mass is 35.5. The Morgan fingerprint density at radius 2 is 1.70 bits per heavy atom. The molecule has 0 aliphatic carbocycles. The van der Waals surface area contributed by atoms with Crippen LogP contribution in [0, 0.1) is 6.92 Å². The molecule has 0 radical (unpaired) electrons. The molecule has 1 aromatic carbocycles. The van der Waals surface area contributed by atoms with E-state index in [1.165, 1.54) is 0 Å². The van der Waals surface area contributed by atoms with Gasteiger partial charge < -0.3 is 9.80 Å². The number of anilines is 1. The van der Waals surface area contributed by atoms with Crippen molar-refractivity contribution in [2.24, 2.45) is 0 Å². The molecule has 0 atom stereocenters. The standard InChI is InChI=1S/C19H19ClN6O/c1-14-13-17(23-26(14)16-5-3-15(20)4-6-16)18(27)24-9-11-25(12-10-24)19-21-7-2-8-22-19/h2-8,13H,9-12H2,1H3. The molecule has 7 nitrogen and oxygen atoms in total. The molecule has 1 amide bonds. The van der Waals surface area contributed by atoms with E-state index in [2.05, 4.69) is 20.0 Å². The van der Waals surface area contributed by atoms with Crippen LogP contribution in [0.1, 0.15) is 16.2 Å². The van der Waals surface area contributed by atoms with Gasteiger partial charge in [0.15, 0.2) is 5.69 Å². The van der Waals surface area contributed by atoms with E-state index in [4.69, 9.17) is 11.6 Å². The van der Waals surface area contributed by atoms with Crippen LogP contribution in [0.4, 0.5) is 5.95 Å². The highest BCUT2D eigenvalue weighted by Gasteiger charge is 2.25. The number of aryl methyl sites for hydroxylation is 1. The molecule has 0 spiro atoms. The molecule has 0 N–H and O–H groups in total. The van der Waals surface area contributed by atoms with Gasteiger partial charge in [0, 0.05) is 49.3 Å². The second-order valence-corrected chi connectivity index (χ2v) is 6.82. The second kappa shape index (κ2) is 7.36. The summed E-state index contributed by atoms with van der Waals surface area (Å²) < 4.78 is 1.76. The van der Waals surface area contributed by atoms with E-state index in [0.717, 1.165) is 11.4 Å². The third-order valence-corrected chi connectivity index (χ3v) is 4.83. The topological polar surface area (TPSA) is 67.2 Å². The molecule has 1 aliphatic rings. The molecule has 8 heteroatoms. The minimum atomic E-state index is -0.0561. The van der Waals surface area contributed by atoms with Gasteiger partial charge >= 0.3 is 0 Å². The molecule has 27 heavy (non-hydrogen) atoms. The van der Waals surface area contributed by atoms with Gasteiger partial charge in [0.05, 0.1) is 5.69 Å². The van der Waals surface area contributed by atoms with Crippen LogP contribution in [0.2, 0.25) is 5.02 Å². The van der Waals surface area contributed by atoms with Crippen molar-refractivity contribution < 1.29 is 4.79 Å². The molecule has 1 fully saturated rings. The third-order valence-electron chi connectivity index (χ3n) is 4.58. The summed E-state index contributed by atoms with van der Waals surface area (Å²) >= 11 is 5.95. The Hall–Kier alpha value is -2.93. The zero-order chi connectivity index (χ0) is 18.8.